The van der Waals surface area contributed by atoms with Crippen molar-refractivity contribution in [2.24, 2.45) is 5.73 Å². The van der Waals surface area contributed by atoms with Crippen molar-refractivity contribution in [3.63, 3.8) is 0 Å². The van der Waals surface area contributed by atoms with E-state index in [-0.39, 0.29) is 40.1 Å². The molecule has 0 atom stereocenters. The summed E-state index contributed by atoms with van der Waals surface area (Å²) < 4.78 is 12.5. The molecule has 5 aromatic rings. The second-order valence-electron chi connectivity index (χ2n) is 11.5. The van der Waals surface area contributed by atoms with Gasteiger partial charge < -0.3 is 31.2 Å². The van der Waals surface area contributed by atoms with Crippen molar-refractivity contribution >= 4 is 39.4 Å². The Balaban J connectivity index is 0.000000468. The highest BCUT2D eigenvalue weighted by Gasteiger charge is 2.08. The van der Waals surface area contributed by atoms with Crippen LogP contribution in [0, 0.1) is 22.7 Å². The lowest BCUT2D eigenvalue weighted by molar-refractivity contribution is -0.119. The number of nitrogens with two attached hydrogens (primary N) is 2. The highest BCUT2D eigenvalue weighted by molar-refractivity contribution is 5.94. The molecule has 0 aliphatic carbocycles. The fourth-order valence-electron chi connectivity index (χ4n) is 4.69. The number of H-pyrrole nitrogens is 1. The van der Waals surface area contributed by atoms with Crippen LogP contribution in [0.5, 0.6) is 11.5 Å². The lowest BCUT2D eigenvalue weighted by atomic mass is 10.2. The first-order valence-corrected chi connectivity index (χ1v) is 16.8. The fourth-order valence-corrected chi connectivity index (χ4v) is 4.69. The Bertz CT molecular complexity index is 2230. The monoisotopic (exact) mass is 771 g/mol. The van der Waals surface area contributed by atoms with Crippen LogP contribution in [0.1, 0.15) is 65.4 Å². The number of aromatic amines is 1. The van der Waals surface area contributed by atoms with Crippen molar-refractivity contribution in [2.75, 3.05) is 32.2 Å². The molecule has 0 saturated carbocycles. The summed E-state index contributed by atoms with van der Waals surface area (Å²) in [7, 11) is 0. The zero-order valence-electron chi connectivity index (χ0n) is 29.4. The molecule has 17 heteroatoms. The number of carbonyl (C=O) groups is 2. The molecule has 0 radical (unpaired) electrons. The maximum absolute atomic E-state index is 12.1. The second kappa shape index (κ2) is 25.2. The number of benzene rings is 2. The Morgan fingerprint density at radius 3 is 1.89 bits per heavy atom. The molecule has 0 fully saturated rings. The van der Waals surface area contributed by atoms with Gasteiger partial charge >= 0.3 is 11.7 Å². The Hall–Kier alpha value is -6.82. The fraction of sp³-hybridized carbons (Fsp3) is 0.333. The maximum atomic E-state index is 12.1. The molecule has 3 heterocycles. The van der Waals surface area contributed by atoms with Crippen molar-refractivity contribution in [3.8, 4) is 29.3 Å². The van der Waals surface area contributed by atoms with E-state index in [0.29, 0.717) is 30.3 Å². The lowest BCUT2D eigenvalue weighted by Crippen LogP contribution is -2.34. The number of amides is 3. The summed E-state index contributed by atoms with van der Waals surface area (Å²) in [5.74, 6) is 0.834. The van der Waals surface area contributed by atoms with Gasteiger partial charge in [-0.2, -0.15) is 10.5 Å². The molecule has 0 spiro atoms. The number of nitrogen functional groups attached to an aromatic ring is 1. The van der Waals surface area contributed by atoms with Gasteiger partial charge in [0, 0.05) is 30.2 Å². The van der Waals surface area contributed by atoms with Gasteiger partial charge in [0.2, 0.25) is 5.91 Å². The number of ether oxygens (including phenoxy) is 2. The predicted octanol–water partition coefficient (Wildman–Crippen LogP) is 4.21. The molecule has 17 nitrogen and oxygen atoms in total. The number of nitrogens with one attached hydrogen (secondary N) is 2. The summed E-state index contributed by atoms with van der Waals surface area (Å²) in [6.07, 6.45) is 9.28. The zero-order valence-corrected chi connectivity index (χ0v) is 29.4. The average Bonchev–Trinajstić information content (AvgIpc) is 3.14. The van der Waals surface area contributed by atoms with Gasteiger partial charge in [-0.3, -0.25) is 34.4 Å². The van der Waals surface area contributed by atoms with Crippen LogP contribution in [0.2, 0.25) is 0 Å². The Kier molecular flexibility index (Phi) is 21.3. The lowest BCUT2D eigenvalue weighted by Gasteiger charge is -2.09. The number of primary amides is 1. The van der Waals surface area contributed by atoms with E-state index in [2.05, 4.69) is 20.7 Å². The van der Waals surface area contributed by atoms with Gasteiger partial charge in [-0.1, -0.05) is 14.9 Å². The normalized spacial score (nSPS) is 9.79. The summed E-state index contributed by atoms with van der Waals surface area (Å²) in [6, 6.07) is 17.3. The van der Waals surface area contributed by atoms with E-state index in [1.165, 1.54) is 17.0 Å². The number of pyridine rings is 2. The highest BCUT2D eigenvalue weighted by Crippen LogP contribution is 2.23. The van der Waals surface area contributed by atoms with Crippen LogP contribution in [0.3, 0.4) is 0 Å². The molecule has 8 N–H and O–H groups in total. The standard InChI is InChI=1S/C19H18N4O4.C14H18N2O2.C4H5N3O2.2CH4/c20-10-14-12-23(19(26)22-18(14)25)15-8-13-9-16(4-5-17(13)21-11-15)27-7-3-1-2-6-24;15-12-8-11-9-13(4-5-14(11)16-10-12)18-7-3-1-2-6-17;5-2-1-3(8)7-4(6)9;;/h4-5,8-9,11-12,24H,1-3,6-7H2,(H,22,25,26);4-5,8-10,17H,1-3,6-7,15H2;1H2,(H3,6,7,8,9);2*1H4. The molecule has 3 amide bonds. The maximum Gasteiger partial charge on any atom is 0.333 e. The van der Waals surface area contributed by atoms with Crippen molar-refractivity contribution in [2.45, 2.75) is 59.8 Å². The molecular weight excluding hydrogens is 722 g/mol. The second-order valence-corrected chi connectivity index (χ2v) is 11.5. The van der Waals surface area contributed by atoms with Gasteiger partial charge in [0.05, 0.1) is 54.1 Å². The van der Waals surface area contributed by atoms with Crippen LogP contribution in [-0.4, -0.2) is 68.1 Å². The van der Waals surface area contributed by atoms with Crippen LogP contribution in [0.15, 0.2) is 76.7 Å². The number of urea groups is 1. The number of hydrogen-bond donors (Lipinski definition) is 6. The summed E-state index contributed by atoms with van der Waals surface area (Å²) in [5.41, 5.74) is 11.5. The van der Waals surface area contributed by atoms with Gasteiger partial charge in [0.25, 0.3) is 5.56 Å². The molecule has 5 rings (SSSR count). The third-order valence-corrected chi connectivity index (χ3v) is 7.30. The number of rotatable bonds is 14. The molecule has 0 bridgehead atoms. The number of hydrogen-bond acceptors (Lipinski definition) is 13. The molecule has 2 aromatic carbocycles. The Morgan fingerprint density at radius 2 is 1.38 bits per heavy atom. The molecular formula is C39H49N9O8. The van der Waals surface area contributed by atoms with Crippen LogP contribution < -0.4 is 37.5 Å². The first-order valence-electron chi connectivity index (χ1n) is 16.8. The van der Waals surface area contributed by atoms with E-state index in [9.17, 15) is 19.2 Å². The number of imide groups is 1. The van der Waals surface area contributed by atoms with Gasteiger partial charge in [-0.05, 0) is 87.1 Å². The number of nitrogens with zero attached hydrogens (tertiary/aromatic N) is 5. The number of anilines is 1. The average molecular weight is 772 g/mol. The summed E-state index contributed by atoms with van der Waals surface area (Å²) >= 11 is 0. The Morgan fingerprint density at radius 1 is 0.821 bits per heavy atom. The molecule has 0 unspecified atom stereocenters. The molecule has 0 aliphatic heterocycles. The molecule has 56 heavy (non-hydrogen) atoms. The topological polar surface area (TPSA) is 285 Å². The van der Waals surface area contributed by atoms with Gasteiger partial charge in [-0.15, -0.1) is 0 Å². The van der Waals surface area contributed by atoms with E-state index >= 15 is 0 Å². The highest BCUT2D eigenvalue weighted by atomic mass is 16.5. The predicted molar refractivity (Wildman–Crippen MR) is 213 cm³/mol. The first kappa shape index (κ1) is 47.2. The van der Waals surface area contributed by atoms with Crippen molar-refractivity contribution in [3.05, 3.63) is 93.5 Å². The van der Waals surface area contributed by atoms with Crippen LogP contribution >= 0.6 is 0 Å². The summed E-state index contributed by atoms with van der Waals surface area (Å²) in [4.78, 5) is 54.4. The SMILES string of the molecule is C.C.N#CCC(=O)NC(N)=O.N#Cc1cn(-c2cnc3ccc(OCCCCCO)cc3c2)c(=O)[nH]c1=O.Nc1cnc2ccc(OCCCCCO)cc2c1. The van der Waals surface area contributed by atoms with Crippen molar-refractivity contribution < 1.29 is 29.3 Å². The molecule has 298 valence electrons. The van der Waals surface area contributed by atoms with Crippen molar-refractivity contribution in [1.82, 2.24) is 24.8 Å². The van der Waals surface area contributed by atoms with E-state index in [1.807, 2.05) is 42.5 Å². The number of carbonyl (C=O) groups excluding carboxylic acids is 2. The van der Waals surface area contributed by atoms with E-state index < -0.39 is 23.2 Å². The minimum atomic E-state index is -0.935. The van der Waals surface area contributed by atoms with Crippen LogP contribution in [-0.2, 0) is 4.79 Å². The zero-order chi connectivity index (χ0) is 39.3. The minimum absolute atomic E-state index is 0. The van der Waals surface area contributed by atoms with Crippen LogP contribution in [0.25, 0.3) is 27.5 Å². The van der Waals surface area contributed by atoms with Gasteiger partial charge in [-0.25, -0.2) is 9.59 Å². The number of aliphatic hydroxyl groups excluding tert-OH is 2. The number of nitriles is 2. The van der Waals surface area contributed by atoms with E-state index in [1.54, 1.807) is 29.7 Å². The largest absolute Gasteiger partial charge is 0.494 e. The van der Waals surface area contributed by atoms with E-state index in [0.717, 1.165) is 66.1 Å². The smallest absolute Gasteiger partial charge is 0.333 e. The van der Waals surface area contributed by atoms with E-state index in [4.69, 9.17) is 35.9 Å². The summed E-state index contributed by atoms with van der Waals surface area (Å²) in [5, 5.41) is 37.8. The number of aliphatic hydroxyl groups is 2. The third kappa shape index (κ3) is 15.7. The molecule has 0 aliphatic rings. The third-order valence-electron chi connectivity index (χ3n) is 7.30. The van der Waals surface area contributed by atoms with Crippen LogP contribution in [0.4, 0.5) is 10.5 Å². The summed E-state index contributed by atoms with van der Waals surface area (Å²) in [6.45, 7) is 1.65. The number of fused-ring (bicyclic) bond motifs is 2. The van der Waals surface area contributed by atoms with Gasteiger partial charge in [0.1, 0.15) is 29.6 Å². The number of unbranched alkanes of at least 4 members (excludes halogenated alkanes) is 4. The molecule has 0 saturated heterocycles. The Labute approximate surface area is 324 Å². The first-order chi connectivity index (χ1) is 26.1. The van der Waals surface area contributed by atoms with Crippen molar-refractivity contribution in [1.29, 1.82) is 10.5 Å². The molecule has 3 aromatic heterocycles. The minimum Gasteiger partial charge on any atom is -0.494 e. The van der Waals surface area contributed by atoms with Gasteiger partial charge in [0.15, 0.2) is 0 Å². The quantitative estimate of drug-likeness (QED) is 0.0864. The number of aromatic nitrogens is 4.